The van der Waals surface area contributed by atoms with Crippen LogP contribution in [0.2, 0.25) is 5.02 Å². The minimum Gasteiger partial charge on any atom is -0.336 e. The second-order valence-corrected chi connectivity index (χ2v) is 7.84. The Morgan fingerprint density at radius 1 is 1.34 bits per heavy atom. The van der Waals surface area contributed by atoms with Gasteiger partial charge in [-0.1, -0.05) is 48.8 Å². The van der Waals surface area contributed by atoms with E-state index in [0.717, 1.165) is 17.8 Å². The first kappa shape index (κ1) is 21.6. The van der Waals surface area contributed by atoms with Crippen molar-refractivity contribution in [3.8, 4) is 0 Å². The van der Waals surface area contributed by atoms with Gasteiger partial charge in [0.05, 0.1) is 22.7 Å². The highest BCUT2D eigenvalue weighted by Gasteiger charge is 2.32. The SMILES string of the molecule is Cc1noc2nc(C(C)C)cc(C(=O)N3CCNCC3c3ccccc3Cl)c12.Cl. The Bertz CT molecular complexity index is 1030. The number of piperazine rings is 1. The quantitative estimate of drug-likeness (QED) is 0.655. The summed E-state index contributed by atoms with van der Waals surface area (Å²) in [4.78, 5) is 20.1. The molecule has 3 heterocycles. The lowest BCUT2D eigenvalue weighted by atomic mass is 9.99. The molecule has 1 N–H and O–H groups in total. The van der Waals surface area contributed by atoms with E-state index >= 15 is 0 Å². The molecule has 1 aliphatic heterocycles. The van der Waals surface area contributed by atoms with E-state index in [1.165, 1.54) is 0 Å². The number of nitrogens with one attached hydrogen (secondary N) is 1. The molecule has 8 heteroatoms. The fourth-order valence-electron chi connectivity index (χ4n) is 3.70. The molecule has 1 aromatic carbocycles. The highest BCUT2D eigenvalue weighted by molar-refractivity contribution is 6.31. The lowest BCUT2D eigenvalue weighted by Gasteiger charge is -2.37. The van der Waals surface area contributed by atoms with Crippen molar-refractivity contribution in [2.24, 2.45) is 0 Å². The number of pyridine rings is 1. The van der Waals surface area contributed by atoms with Gasteiger partial charge < -0.3 is 14.7 Å². The second kappa shape index (κ2) is 8.69. The van der Waals surface area contributed by atoms with Crippen LogP contribution in [0.4, 0.5) is 0 Å². The molecule has 1 saturated heterocycles. The molecule has 4 rings (SSSR count). The number of carbonyl (C=O) groups is 1. The number of hydrogen-bond acceptors (Lipinski definition) is 5. The van der Waals surface area contributed by atoms with Crippen LogP contribution in [0, 0.1) is 6.92 Å². The summed E-state index contributed by atoms with van der Waals surface area (Å²) in [6, 6.07) is 9.43. The molecule has 0 spiro atoms. The number of carbonyl (C=O) groups excluding carboxylic acids is 1. The highest BCUT2D eigenvalue weighted by atomic mass is 35.5. The van der Waals surface area contributed by atoms with Crippen molar-refractivity contribution in [1.29, 1.82) is 0 Å². The summed E-state index contributed by atoms with van der Waals surface area (Å²) in [6.07, 6.45) is 0. The zero-order chi connectivity index (χ0) is 19.8. The maximum absolute atomic E-state index is 13.7. The Balaban J connectivity index is 0.00000240. The van der Waals surface area contributed by atoms with Crippen LogP contribution in [0.1, 0.15) is 53.1 Å². The molecular weight excluding hydrogens is 411 g/mol. The molecule has 154 valence electrons. The summed E-state index contributed by atoms with van der Waals surface area (Å²) >= 11 is 6.44. The zero-order valence-electron chi connectivity index (χ0n) is 16.6. The summed E-state index contributed by atoms with van der Waals surface area (Å²) in [5.74, 6) is 0.121. The number of rotatable bonds is 3. The van der Waals surface area contributed by atoms with Crippen LogP contribution < -0.4 is 5.32 Å². The predicted octanol–water partition coefficient (Wildman–Crippen LogP) is 4.52. The molecule has 3 aromatic rings. The molecule has 6 nitrogen and oxygen atoms in total. The van der Waals surface area contributed by atoms with Crippen LogP contribution in [0.5, 0.6) is 0 Å². The topological polar surface area (TPSA) is 71.3 Å². The van der Waals surface area contributed by atoms with Crippen molar-refractivity contribution in [2.45, 2.75) is 32.7 Å². The number of aryl methyl sites for hydroxylation is 1. The van der Waals surface area contributed by atoms with Gasteiger partial charge in [-0.3, -0.25) is 4.79 Å². The third-order valence-electron chi connectivity index (χ3n) is 5.23. The molecule has 0 saturated carbocycles. The first-order valence-electron chi connectivity index (χ1n) is 9.50. The van der Waals surface area contributed by atoms with E-state index in [1.54, 1.807) is 0 Å². The van der Waals surface area contributed by atoms with Crippen LogP contribution in [0.3, 0.4) is 0 Å². The highest BCUT2D eigenvalue weighted by Crippen LogP contribution is 2.32. The first-order valence-corrected chi connectivity index (χ1v) is 9.88. The van der Waals surface area contributed by atoms with Gasteiger partial charge in [-0.2, -0.15) is 0 Å². The van der Waals surface area contributed by atoms with Gasteiger partial charge in [0, 0.05) is 30.4 Å². The predicted molar refractivity (Wildman–Crippen MR) is 116 cm³/mol. The van der Waals surface area contributed by atoms with E-state index in [-0.39, 0.29) is 30.3 Å². The molecule has 0 radical (unpaired) electrons. The summed E-state index contributed by atoms with van der Waals surface area (Å²) in [5.41, 5.74) is 3.44. The Kier molecular flexibility index (Phi) is 6.46. The van der Waals surface area contributed by atoms with Gasteiger partial charge in [-0.05, 0) is 30.5 Å². The monoisotopic (exact) mass is 434 g/mol. The average Bonchev–Trinajstić information content (AvgIpc) is 3.08. The Morgan fingerprint density at radius 3 is 2.83 bits per heavy atom. The van der Waals surface area contributed by atoms with Gasteiger partial charge in [-0.25, -0.2) is 4.98 Å². The smallest absolute Gasteiger partial charge is 0.259 e. The number of fused-ring (bicyclic) bond motifs is 1. The van der Waals surface area contributed by atoms with Crippen LogP contribution in [-0.2, 0) is 0 Å². The zero-order valence-corrected chi connectivity index (χ0v) is 18.2. The van der Waals surface area contributed by atoms with Crippen molar-refractivity contribution in [3.63, 3.8) is 0 Å². The van der Waals surface area contributed by atoms with E-state index in [0.29, 0.717) is 40.5 Å². The molecule has 1 amide bonds. The lowest BCUT2D eigenvalue weighted by molar-refractivity contribution is 0.0636. The van der Waals surface area contributed by atoms with Gasteiger partial charge in [0.15, 0.2) is 0 Å². The maximum atomic E-state index is 13.7. The summed E-state index contributed by atoms with van der Waals surface area (Å²) < 4.78 is 5.38. The van der Waals surface area contributed by atoms with Crippen molar-refractivity contribution < 1.29 is 9.32 Å². The third kappa shape index (κ3) is 3.97. The van der Waals surface area contributed by atoms with E-state index in [9.17, 15) is 4.79 Å². The number of hydrogen-bond donors (Lipinski definition) is 1. The van der Waals surface area contributed by atoms with Crippen LogP contribution in [0.15, 0.2) is 34.9 Å². The van der Waals surface area contributed by atoms with Gasteiger partial charge in [0.25, 0.3) is 11.6 Å². The van der Waals surface area contributed by atoms with Crippen molar-refractivity contribution in [1.82, 2.24) is 20.4 Å². The van der Waals surface area contributed by atoms with Gasteiger partial charge >= 0.3 is 0 Å². The number of nitrogens with zero attached hydrogens (tertiary/aromatic N) is 3. The summed E-state index contributed by atoms with van der Waals surface area (Å²) in [5, 5.41) is 8.76. The second-order valence-electron chi connectivity index (χ2n) is 7.44. The van der Waals surface area contributed by atoms with E-state index in [2.05, 4.69) is 15.5 Å². The van der Waals surface area contributed by atoms with Crippen molar-refractivity contribution in [3.05, 3.63) is 57.9 Å². The minimum atomic E-state index is -0.138. The number of aromatic nitrogens is 2. The van der Waals surface area contributed by atoms with Crippen LogP contribution in [0.25, 0.3) is 11.1 Å². The molecule has 29 heavy (non-hydrogen) atoms. The normalized spacial score (nSPS) is 16.9. The van der Waals surface area contributed by atoms with Crippen LogP contribution >= 0.6 is 24.0 Å². The molecule has 2 aromatic heterocycles. The Morgan fingerprint density at radius 2 is 2.10 bits per heavy atom. The molecule has 1 atom stereocenters. The largest absolute Gasteiger partial charge is 0.336 e. The fraction of sp³-hybridized carbons (Fsp3) is 0.381. The van der Waals surface area contributed by atoms with E-state index in [4.69, 9.17) is 16.1 Å². The molecule has 0 bridgehead atoms. The number of halogens is 2. The molecular formula is C21H24Cl2N4O2. The molecule has 0 aliphatic carbocycles. The van der Waals surface area contributed by atoms with Gasteiger partial charge in [0.2, 0.25) is 0 Å². The Labute approximate surface area is 181 Å². The van der Waals surface area contributed by atoms with Crippen molar-refractivity contribution >= 4 is 41.0 Å². The van der Waals surface area contributed by atoms with Gasteiger partial charge in [0.1, 0.15) is 0 Å². The number of amides is 1. The molecule has 1 fully saturated rings. The fourth-order valence-corrected chi connectivity index (χ4v) is 3.97. The lowest BCUT2D eigenvalue weighted by Crippen LogP contribution is -2.48. The van der Waals surface area contributed by atoms with Gasteiger partial charge in [-0.15, -0.1) is 12.4 Å². The number of benzene rings is 1. The summed E-state index contributed by atoms with van der Waals surface area (Å²) in [7, 11) is 0. The average molecular weight is 435 g/mol. The van der Waals surface area contributed by atoms with Crippen molar-refractivity contribution in [2.75, 3.05) is 19.6 Å². The molecule has 1 aliphatic rings. The van der Waals surface area contributed by atoms with E-state index < -0.39 is 0 Å². The van der Waals surface area contributed by atoms with Crippen LogP contribution in [-0.4, -0.2) is 40.6 Å². The molecule has 1 unspecified atom stereocenters. The summed E-state index contributed by atoms with van der Waals surface area (Å²) in [6.45, 7) is 7.92. The minimum absolute atomic E-state index is 0. The Hall–Kier alpha value is -2.15. The third-order valence-corrected chi connectivity index (χ3v) is 5.57. The van der Waals surface area contributed by atoms with E-state index in [1.807, 2.05) is 56.0 Å². The maximum Gasteiger partial charge on any atom is 0.259 e. The standard InChI is InChI=1S/C21H23ClN4O2.ClH/c1-12(2)17-10-15(19-13(3)25-28-20(19)24-17)21(27)26-9-8-23-11-18(26)14-6-4-5-7-16(14)22;/h4-7,10,12,18,23H,8-9,11H2,1-3H3;1H. The first-order chi connectivity index (χ1) is 13.5.